The van der Waals surface area contributed by atoms with Gasteiger partial charge in [-0.1, -0.05) is 18.9 Å². The number of quaternary nitrogens is 1. The Morgan fingerprint density at radius 1 is 1.11 bits per heavy atom. The maximum atomic E-state index is 12.5. The molecule has 2 N–H and O–H groups in total. The van der Waals surface area contributed by atoms with Crippen molar-refractivity contribution in [1.82, 2.24) is 4.90 Å². The third kappa shape index (κ3) is 5.10. The minimum absolute atomic E-state index is 0.0149. The van der Waals surface area contributed by atoms with E-state index in [9.17, 15) is 9.59 Å². The van der Waals surface area contributed by atoms with Crippen molar-refractivity contribution in [2.24, 2.45) is 11.8 Å². The first-order chi connectivity index (χ1) is 13.1. The van der Waals surface area contributed by atoms with Crippen LogP contribution in [-0.4, -0.2) is 49.4 Å². The van der Waals surface area contributed by atoms with Crippen molar-refractivity contribution in [2.45, 2.75) is 46.0 Å². The number of fused-ring (bicyclic) bond motifs is 1. The summed E-state index contributed by atoms with van der Waals surface area (Å²) in [7, 11) is 0. The van der Waals surface area contributed by atoms with Crippen LogP contribution in [0.2, 0.25) is 0 Å². The molecule has 1 unspecified atom stereocenters. The van der Waals surface area contributed by atoms with Crippen LogP contribution in [0.5, 0.6) is 0 Å². The molecule has 27 heavy (non-hydrogen) atoms. The van der Waals surface area contributed by atoms with E-state index < -0.39 is 0 Å². The number of carbonyl (C=O) groups excluding carboxylic acids is 2. The highest BCUT2D eigenvalue weighted by Crippen LogP contribution is 2.32. The molecule has 1 heterocycles. The summed E-state index contributed by atoms with van der Waals surface area (Å²) in [6.45, 7) is 8.10. The smallest absolute Gasteiger partial charge is 0.279 e. The number of nitrogens with one attached hydrogen (secondary N) is 2. The van der Waals surface area contributed by atoms with Gasteiger partial charge in [-0.25, -0.2) is 0 Å². The van der Waals surface area contributed by atoms with Gasteiger partial charge in [-0.05, 0) is 57.2 Å². The molecule has 3 rings (SSSR count). The van der Waals surface area contributed by atoms with E-state index in [4.69, 9.17) is 0 Å². The third-order valence-electron chi connectivity index (χ3n) is 6.34. The molecule has 2 aliphatic rings. The lowest BCUT2D eigenvalue weighted by molar-refractivity contribution is -0.902. The molecule has 3 atom stereocenters. The van der Waals surface area contributed by atoms with Gasteiger partial charge in [0.2, 0.25) is 0 Å². The average Bonchev–Trinajstić information content (AvgIpc) is 2.69. The van der Waals surface area contributed by atoms with E-state index >= 15 is 0 Å². The number of piperidine rings is 1. The first kappa shape index (κ1) is 19.9. The van der Waals surface area contributed by atoms with Gasteiger partial charge in [0.25, 0.3) is 11.8 Å². The summed E-state index contributed by atoms with van der Waals surface area (Å²) in [5.41, 5.74) is 1.34. The number of nitrogens with zero attached hydrogens (tertiary/aromatic N) is 1. The zero-order valence-electron chi connectivity index (χ0n) is 16.8. The van der Waals surface area contributed by atoms with Gasteiger partial charge < -0.3 is 15.1 Å². The van der Waals surface area contributed by atoms with Crippen LogP contribution in [0.3, 0.4) is 0 Å². The van der Waals surface area contributed by atoms with Crippen LogP contribution in [0.15, 0.2) is 24.3 Å². The molecule has 1 saturated carbocycles. The molecule has 1 aromatic carbocycles. The first-order valence-electron chi connectivity index (χ1n) is 10.6. The Morgan fingerprint density at radius 2 is 1.85 bits per heavy atom. The summed E-state index contributed by atoms with van der Waals surface area (Å²) >= 11 is 0. The number of carbonyl (C=O) groups is 2. The zero-order valence-corrected chi connectivity index (χ0v) is 16.8. The summed E-state index contributed by atoms with van der Waals surface area (Å²) < 4.78 is 0. The highest BCUT2D eigenvalue weighted by Gasteiger charge is 2.34. The predicted molar refractivity (Wildman–Crippen MR) is 108 cm³/mol. The van der Waals surface area contributed by atoms with E-state index in [2.05, 4.69) is 5.32 Å². The maximum Gasteiger partial charge on any atom is 0.279 e. The van der Waals surface area contributed by atoms with Crippen molar-refractivity contribution in [3.05, 3.63) is 29.8 Å². The van der Waals surface area contributed by atoms with E-state index in [1.54, 1.807) is 11.0 Å². The van der Waals surface area contributed by atoms with E-state index in [-0.39, 0.29) is 11.8 Å². The summed E-state index contributed by atoms with van der Waals surface area (Å²) in [5.74, 6) is 1.77. The number of hydrogen-bond acceptors (Lipinski definition) is 2. The van der Waals surface area contributed by atoms with Crippen molar-refractivity contribution in [2.75, 3.05) is 38.0 Å². The number of benzene rings is 1. The number of amides is 2. The number of anilines is 1. The van der Waals surface area contributed by atoms with Crippen molar-refractivity contribution in [3.63, 3.8) is 0 Å². The molecule has 0 bridgehead atoms. The lowest BCUT2D eigenvalue weighted by atomic mass is 9.75. The Kier molecular flexibility index (Phi) is 6.89. The van der Waals surface area contributed by atoms with Crippen molar-refractivity contribution in [3.8, 4) is 0 Å². The summed E-state index contributed by atoms with van der Waals surface area (Å²) in [6, 6.07) is 7.31. The summed E-state index contributed by atoms with van der Waals surface area (Å²) in [6.07, 6.45) is 6.73. The Balaban J connectivity index is 1.55. The van der Waals surface area contributed by atoms with Crippen LogP contribution < -0.4 is 10.2 Å². The Morgan fingerprint density at radius 3 is 2.59 bits per heavy atom. The summed E-state index contributed by atoms with van der Waals surface area (Å²) in [4.78, 5) is 28.2. The van der Waals surface area contributed by atoms with Crippen LogP contribution in [0.25, 0.3) is 0 Å². The molecule has 1 aliphatic carbocycles. The molecule has 2 fully saturated rings. The molecule has 5 heteroatoms. The van der Waals surface area contributed by atoms with Gasteiger partial charge in [0.1, 0.15) is 0 Å². The molecule has 0 radical (unpaired) electrons. The molecule has 1 saturated heterocycles. The van der Waals surface area contributed by atoms with Gasteiger partial charge in [-0.3, -0.25) is 9.59 Å². The largest absolute Gasteiger partial charge is 0.339 e. The van der Waals surface area contributed by atoms with Gasteiger partial charge in [0.05, 0.1) is 13.1 Å². The van der Waals surface area contributed by atoms with Gasteiger partial charge in [-0.2, -0.15) is 0 Å². The minimum Gasteiger partial charge on any atom is -0.339 e. The maximum absolute atomic E-state index is 12.5. The summed E-state index contributed by atoms with van der Waals surface area (Å²) in [5, 5.41) is 3.00. The van der Waals surface area contributed by atoms with Gasteiger partial charge in [0.15, 0.2) is 6.54 Å². The Bertz CT molecular complexity index is 657. The molecule has 0 spiro atoms. The fraction of sp³-hybridized carbons (Fsp3) is 0.636. The normalized spacial score (nSPS) is 24.7. The second kappa shape index (κ2) is 9.36. The SMILES string of the molecule is CCN(CC)C(=O)c1cccc(NC(=O)C[NH+]2CC[C@@H]3CCCC[C@@H]3C2)c1. The van der Waals surface area contributed by atoms with E-state index in [1.807, 2.05) is 32.0 Å². The van der Waals surface area contributed by atoms with Crippen LogP contribution in [0.4, 0.5) is 5.69 Å². The van der Waals surface area contributed by atoms with Crippen molar-refractivity contribution >= 4 is 17.5 Å². The fourth-order valence-electron chi connectivity index (χ4n) is 4.81. The molecular formula is C22H34N3O2+. The fourth-order valence-corrected chi connectivity index (χ4v) is 4.81. The van der Waals surface area contributed by atoms with Gasteiger partial charge in [0, 0.05) is 30.3 Å². The molecule has 1 aliphatic heterocycles. The third-order valence-corrected chi connectivity index (χ3v) is 6.34. The number of hydrogen-bond donors (Lipinski definition) is 2. The Labute approximate surface area is 163 Å². The molecular weight excluding hydrogens is 338 g/mol. The molecule has 5 nitrogen and oxygen atoms in total. The minimum atomic E-state index is 0.0149. The topological polar surface area (TPSA) is 53.9 Å². The monoisotopic (exact) mass is 372 g/mol. The second-order valence-electron chi connectivity index (χ2n) is 8.08. The first-order valence-corrected chi connectivity index (χ1v) is 10.6. The van der Waals surface area contributed by atoms with E-state index in [0.717, 1.165) is 24.9 Å². The van der Waals surface area contributed by atoms with Gasteiger partial charge >= 0.3 is 0 Å². The van der Waals surface area contributed by atoms with E-state index in [1.165, 1.54) is 37.0 Å². The van der Waals surface area contributed by atoms with E-state index in [0.29, 0.717) is 30.9 Å². The predicted octanol–water partition coefficient (Wildman–Crippen LogP) is 2.20. The Hall–Kier alpha value is -1.88. The number of likely N-dealkylation sites (tertiary alicyclic amines) is 1. The quantitative estimate of drug-likeness (QED) is 0.804. The highest BCUT2D eigenvalue weighted by molar-refractivity contribution is 5.97. The van der Waals surface area contributed by atoms with Crippen molar-refractivity contribution in [1.29, 1.82) is 0 Å². The standard InChI is InChI=1S/C22H33N3O2/c1-3-25(4-2)22(27)18-10-7-11-20(14-18)23-21(26)16-24-13-12-17-8-5-6-9-19(17)15-24/h7,10-11,14,17,19H,3-6,8-9,12-13,15-16H2,1-2H3,(H,23,26)/p+1/t17-,19+/m0/s1. The zero-order chi connectivity index (χ0) is 19.2. The lowest BCUT2D eigenvalue weighted by Gasteiger charge is -2.38. The molecule has 2 amide bonds. The molecule has 148 valence electrons. The highest BCUT2D eigenvalue weighted by atomic mass is 16.2. The van der Waals surface area contributed by atoms with Crippen LogP contribution in [-0.2, 0) is 4.79 Å². The van der Waals surface area contributed by atoms with Crippen LogP contribution in [0, 0.1) is 11.8 Å². The van der Waals surface area contributed by atoms with Crippen LogP contribution >= 0.6 is 0 Å². The van der Waals surface area contributed by atoms with Crippen LogP contribution in [0.1, 0.15) is 56.3 Å². The molecule has 1 aromatic rings. The van der Waals surface area contributed by atoms with Crippen molar-refractivity contribution < 1.29 is 14.5 Å². The van der Waals surface area contributed by atoms with Gasteiger partial charge in [-0.15, -0.1) is 0 Å². The second-order valence-corrected chi connectivity index (χ2v) is 8.08. The number of rotatable bonds is 6. The lowest BCUT2D eigenvalue weighted by Crippen LogP contribution is -3.15. The average molecular weight is 373 g/mol. The molecule has 0 aromatic heterocycles.